The SMILES string of the molecule is COc1ccc(CCN(C)C(=O)c2ccc(-c3ccccc3F)o2)cc1OC. The van der Waals surface area contributed by atoms with Gasteiger partial charge in [-0.2, -0.15) is 0 Å². The molecule has 0 saturated heterocycles. The summed E-state index contributed by atoms with van der Waals surface area (Å²) in [5, 5.41) is 0. The molecule has 0 spiro atoms. The average Bonchev–Trinajstić information content (AvgIpc) is 3.21. The molecule has 6 heteroatoms. The van der Waals surface area contributed by atoms with Crippen LogP contribution < -0.4 is 9.47 Å². The highest BCUT2D eigenvalue weighted by Crippen LogP contribution is 2.28. The van der Waals surface area contributed by atoms with Gasteiger partial charge in [0.1, 0.15) is 11.6 Å². The Hall–Kier alpha value is -3.28. The highest BCUT2D eigenvalue weighted by atomic mass is 19.1. The number of furan rings is 1. The highest BCUT2D eigenvalue weighted by Gasteiger charge is 2.18. The van der Waals surface area contributed by atoms with Gasteiger partial charge in [-0.25, -0.2) is 4.39 Å². The topological polar surface area (TPSA) is 51.9 Å². The number of carbonyl (C=O) groups excluding carboxylic acids is 1. The maximum atomic E-state index is 13.9. The van der Waals surface area contributed by atoms with Crippen molar-refractivity contribution in [2.24, 2.45) is 0 Å². The normalized spacial score (nSPS) is 10.6. The van der Waals surface area contributed by atoms with Crippen LogP contribution in [0.2, 0.25) is 0 Å². The molecular weight excluding hydrogens is 361 g/mol. The van der Waals surface area contributed by atoms with Crippen molar-refractivity contribution < 1.29 is 23.1 Å². The van der Waals surface area contributed by atoms with Gasteiger partial charge in [0.2, 0.25) is 0 Å². The third-order valence-corrected chi connectivity index (χ3v) is 4.49. The Balaban J connectivity index is 1.66. The third-order valence-electron chi connectivity index (χ3n) is 4.49. The summed E-state index contributed by atoms with van der Waals surface area (Å²) in [6, 6.07) is 15.1. The molecule has 2 aromatic carbocycles. The number of carbonyl (C=O) groups is 1. The van der Waals surface area contributed by atoms with Crippen molar-refractivity contribution in [3.05, 3.63) is 71.7 Å². The fourth-order valence-corrected chi connectivity index (χ4v) is 2.88. The van der Waals surface area contributed by atoms with Crippen molar-refractivity contribution >= 4 is 5.91 Å². The van der Waals surface area contributed by atoms with Crippen LogP contribution in [0.15, 0.2) is 59.0 Å². The van der Waals surface area contributed by atoms with Crippen LogP contribution in [-0.2, 0) is 6.42 Å². The van der Waals surface area contributed by atoms with Crippen molar-refractivity contribution in [3.63, 3.8) is 0 Å². The molecule has 0 bridgehead atoms. The smallest absolute Gasteiger partial charge is 0.289 e. The van der Waals surface area contributed by atoms with Gasteiger partial charge in [-0.15, -0.1) is 0 Å². The number of hydrogen-bond acceptors (Lipinski definition) is 4. The zero-order valence-electron chi connectivity index (χ0n) is 16.1. The zero-order valence-corrected chi connectivity index (χ0v) is 16.1. The predicted molar refractivity (Wildman–Crippen MR) is 104 cm³/mol. The van der Waals surface area contributed by atoms with E-state index < -0.39 is 5.82 Å². The van der Waals surface area contributed by atoms with Crippen LogP contribution in [0.3, 0.4) is 0 Å². The monoisotopic (exact) mass is 383 g/mol. The molecule has 0 aliphatic heterocycles. The van der Waals surface area contributed by atoms with Crippen LogP contribution in [0.5, 0.6) is 11.5 Å². The Kier molecular flexibility index (Phi) is 5.99. The molecule has 28 heavy (non-hydrogen) atoms. The molecule has 0 aliphatic rings. The molecule has 3 rings (SSSR count). The van der Waals surface area contributed by atoms with Crippen molar-refractivity contribution in [2.45, 2.75) is 6.42 Å². The van der Waals surface area contributed by atoms with Crippen molar-refractivity contribution in [2.75, 3.05) is 27.8 Å². The van der Waals surface area contributed by atoms with Crippen LogP contribution in [0.1, 0.15) is 16.1 Å². The quantitative estimate of drug-likeness (QED) is 0.606. The number of likely N-dealkylation sites (N-methyl/N-ethyl adjacent to an activating group) is 1. The fraction of sp³-hybridized carbons (Fsp3) is 0.227. The zero-order chi connectivity index (χ0) is 20.1. The van der Waals surface area contributed by atoms with Gasteiger partial charge in [-0.05, 0) is 48.4 Å². The Morgan fingerprint density at radius 1 is 1.04 bits per heavy atom. The summed E-state index contributed by atoms with van der Waals surface area (Å²) in [6.07, 6.45) is 0.642. The standard InChI is InChI=1S/C22H22FNO4/c1-24(13-12-15-8-9-19(26-2)21(14-15)27-3)22(25)20-11-10-18(28-20)16-6-4-5-7-17(16)23/h4-11,14H,12-13H2,1-3H3. The molecule has 3 aromatic rings. The van der Waals surface area contributed by atoms with E-state index in [1.807, 2.05) is 18.2 Å². The highest BCUT2D eigenvalue weighted by molar-refractivity contribution is 5.92. The molecule has 0 unspecified atom stereocenters. The Morgan fingerprint density at radius 2 is 1.79 bits per heavy atom. The van der Waals surface area contributed by atoms with E-state index >= 15 is 0 Å². The first-order valence-corrected chi connectivity index (χ1v) is 8.84. The van der Waals surface area contributed by atoms with Crippen LogP contribution in [0.25, 0.3) is 11.3 Å². The summed E-state index contributed by atoms with van der Waals surface area (Å²) in [5.41, 5.74) is 1.35. The van der Waals surface area contributed by atoms with E-state index in [2.05, 4.69) is 0 Å². The van der Waals surface area contributed by atoms with Gasteiger partial charge in [0.15, 0.2) is 17.3 Å². The maximum absolute atomic E-state index is 13.9. The van der Waals surface area contributed by atoms with E-state index in [1.54, 1.807) is 56.5 Å². The summed E-state index contributed by atoms with van der Waals surface area (Å²) in [6.45, 7) is 0.490. The van der Waals surface area contributed by atoms with Gasteiger partial charge in [0.25, 0.3) is 5.91 Å². The molecule has 0 aliphatic carbocycles. The number of ether oxygens (including phenoxy) is 2. The largest absolute Gasteiger partial charge is 0.493 e. The van der Waals surface area contributed by atoms with Crippen LogP contribution >= 0.6 is 0 Å². The molecule has 5 nitrogen and oxygen atoms in total. The van der Waals surface area contributed by atoms with E-state index in [9.17, 15) is 9.18 Å². The summed E-state index contributed by atoms with van der Waals surface area (Å²) in [5.74, 6) is 1.16. The lowest BCUT2D eigenvalue weighted by Crippen LogP contribution is -2.28. The minimum Gasteiger partial charge on any atom is -0.493 e. The number of nitrogens with zero attached hydrogens (tertiary/aromatic N) is 1. The molecule has 0 atom stereocenters. The fourth-order valence-electron chi connectivity index (χ4n) is 2.88. The summed E-state index contributed by atoms with van der Waals surface area (Å²) in [7, 11) is 4.87. The van der Waals surface area contributed by atoms with Gasteiger partial charge in [0, 0.05) is 13.6 Å². The van der Waals surface area contributed by atoms with Crippen molar-refractivity contribution in [1.29, 1.82) is 0 Å². The molecular formula is C22H22FNO4. The molecule has 146 valence electrons. The lowest BCUT2D eigenvalue weighted by Gasteiger charge is -2.16. The minimum atomic E-state index is -0.391. The molecule has 0 radical (unpaired) electrons. The second-order valence-corrected chi connectivity index (χ2v) is 6.31. The number of methoxy groups -OCH3 is 2. The minimum absolute atomic E-state index is 0.174. The first-order valence-electron chi connectivity index (χ1n) is 8.84. The predicted octanol–water partition coefficient (Wildman–Crippen LogP) is 4.42. The van der Waals surface area contributed by atoms with Crippen molar-refractivity contribution in [1.82, 2.24) is 4.90 Å². The second-order valence-electron chi connectivity index (χ2n) is 6.31. The number of hydrogen-bond donors (Lipinski definition) is 0. The Bertz CT molecular complexity index is 967. The van der Waals surface area contributed by atoms with Crippen molar-refractivity contribution in [3.8, 4) is 22.8 Å². The number of amides is 1. The Labute approximate surface area is 163 Å². The van der Waals surface area contributed by atoms with E-state index in [0.717, 1.165) is 5.56 Å². The number of benzene rings is 2. The first-order chi connectivity index (χ1) is 13.5. The van der Waals surface area contributed by atoms with Gasteiger partial charge in [-0.1, -0.05) is 18.2 Å². The van der Waals surface area contributed by atoms with E-state index in [4.69, 9.17) is 13.9 Å². The van der Waals surface area contributed by atoms with Crippen LogP contribution in [0.4, 0.5) is 4.39 Å². The van der Waals surface area contributed by atoms with Crippen LogP contribution in [0, 0.1) is 5.82 Å². The Morgan fingerprint density at radius 3 is 2.50 bits per heavy atom. The lowest BCUT2D eigenvalue weighted by atomic mass is 10.1. The van der Waals surface area contributed by atoms with Gasteiger partial charge in [0.05, 0.1) is 19.8 Å². The summed E-state index contributed by atoms with van der Waals surface area (Å²) in [4.78, 5) is 14.2. The maximum Gasteiger partial charge on any atom is 0.289 e. The second kappa shape index (κ2) is 8.61. The van der Waals surface area contributed by atoms with E-state index in [0.29, 0.717) is 35.8 Å². The lowest BCUT2D eigenvalue weighted by molar-refractivity contribution is 0.0766. The number of halogens is 1. The average molecular weight is 383 g/mol. The van der Waals surface area contributed by atoms with E-state index in [-0.39, 0.29) is 11.7 Å². The molecule has 0 fully saturated rings. The van der Waals surface area contributed by atoms with E-state index in [1.165, 1.54) is 6.07 Å². The molecule has 0 saturated carbocycles. The van der Waals surface area contributed by atoms with Gasteiger partial charge >= 0.3 is 0 Å². The molecule has 1 heterocycles. The number of rotatable bonds is 7. The van der Waals surface area contributed by atoms with Gasteiger partial charge in [-0.3, -0.25) is 4.79 Å². The molecule has 0 N–H and O–H groups in total. The third kappa shape index (κ3) is 4.17. The van der Waals surface area contributed by atoms with Gasteiger partial charge < -0.3 is 18.8 Å². The first kappa shape index (κ1) is 19.5. The summed E-state index contributed by atoms with van der Waals surface area (Å²) < 4.78 is 30.0. The van der Waals surface area contributed by atoms with Crippen LogP contribution in [-0.4, -0.2) is 38.6 Å². The molecule has 1 aromatic heterocycles. The molecule has 1 amide bonds. The summed E-state index contributed by atoms with van der Waals surface area (Å²) >= 11 is 0.